The highest BCUT2D eigenvalue weighted by molar-refractivity contribution is 7.98. The molecule has 1 amide bonds. The number of carbonyl (C=O) groups is 1. The standard InChI is InChI=1S/C13H18N4OS2/c1-9(13-14-4-5-15-13)16-12(18)3-6-19-7-11-8-20-10(2)17-11/h4-5,8-9H,3,6-7H2,1-2H3,(H,14,15)(H,16,18). The first kappa shape index (κ1) is 15.1. The summed E-state index contributed by atoms with van der Waals surface area (Å²) in [5, 5.41) is 6.08. The first-order valence-electron chi connectivity index (χ1n) is 6.42. The van der Waals surface area contributed by atoms with Crippen LogP contribution in [0.2, 0.25) is 0 Å². The Morgan fingerprint density at radius 1 is 1.60 bits per heavy atom. The number of thioether (sulfide) groups is 1. The first-order valence-corrected chi connectivity index (χ1v) is 8.46. The van der Waals surface area contributed by atoms with Gasteiger partial charge in [0.25, 0.3) is 0 Å². The number of thiazole rings is 1. The summed E-state index contributed by atoms with van der Waals surface area (Å²) in [6.07, 6.45) is 3.95. The van der Waals surface area contributed by atoms with Crippen LogP contribution in [0.4, 0.5) is 0 Å². The molecule has 0 aliphatic rings. The molecule has 108 valence electrons. The molecule has 2 aromatic rings. The maximum absolute atomic E-state index is 11.8. The average molecular weight is 310 g/mol. The second-order valence-corrected chi connectivity index (χ2v) is 6.59. The number of imidazole rings is 1. The van der Waals surface area contributed by atoms with Crippen LogP contribution in [0.15, 0.2) is 17.8 Å². The zero-order valence-corrected chi connectivity index (χ0v) is 13.2. The van der Waals surface area contributed by atoms with Gasteiger partial charge in [0.2, 0.25) is 5.91 Å². The molecule has 5 nitrogen and oxygen atoms in total. The summed E-state index contributed by atoms with van der Waals surface area (Å²) in [7, 11) is 0. The Bertz CT molecular complexity index is 538. The Hall–Kier alpha value is -1.34. The number of nitrogens with one attached hydrogen (secondary N) is 2. The lowest BCUT2D eigenvalue weighted by Gasteiger charge is -2.11. The van der Waals surface area contributed by atoms with Gasteiger partial charge in [-0.2, -0.15) is 11.8 Å². The monoisotopic (exact) mass is 310 g/mol. The van der Waals surface area contributed by atoms with Crippen LogP contribution in [0, 0.1) is 6.92 Å². The zero-order chi connectivity index (χ0) is 14.4. The van der Waals surface area contributed by atoms with Gasteiger partial charge in [0, 0.05) is 35.7 Å². The molecule has 1 unspecified atom stereocenters. The van der Waals surface area contributed by atoms with Crippen molar-refractivity contribution in [3.63, 3.8) is 0 Å². The van der Waals surface area contributed by atoms with Gasteiger partial charge in [-0.15, -0.1) is 11.3 Å². The molecule has 0 saturated carbocycles. The van der Waals surface area contributed by atoms with Crippen LogP contribution in [-0.4, -0.2) is 26.6 Å². The Morgan fingerprint density at radius 3 is 3.10 bits per heavy atom. The number of nitrogens with zero attached hydrogens (tertiary/aromatic N) is 2. The van der Waals surface area contributed by atoms with E-state index >= 15 is 0 Å². The highest BCUT2D eigenvalue weighted by atomic mass is 32.2. The number of aromatic nitrogens is 3. The largest absolute Gasteiger partial charge is 0.347 e. The molecular weight excluding hydrogens is 292 g/mol. The average Bonchev–Trinajstić information content (AvgIpc) is 3.06. The summed E-state index contributed by atoms with van der Waals surface area (Å²) >= 11 is 3.39. The maximum atomic E-state index is 11.8. The SMILES string of the molecule is Cc1nc(CSCCC(=O)NC(C)c2ncc[nH]2)cs1. The minimum Gasteiger partial charge on any atom is -0.347 e. The van der Waals surface area contributed by atoms with Gasteiger partial charge in [-0.05, 0) is 13.8 Å². The molecular formula is C13H18N4OS2. The van der Waals surface area contributed by atoms with Crippen LogP contribution < -0.4 is 5.32 Å². The van der Waals surface area contributed by atoms with Crippen molar-refractivity contribution in [1.29, 1.82) is 0 Å². The fourth-order valence-corrected chi connectivity index (χ4v) is 3.26. The second kappa shape index (κ2) is 7.44. The van der Waals surface area contributed by atoms with E-state index in [2.05, 4.69) is 25.6 Å². The topological polar surface area (TPSA) is 70.7 Å². The quantitative estimate of drug-likeness (QED) is 0.771. The van der Waals surface area contributed by atoms with E-state index in [1.54, 1.807) is 35.5 Å². The highest BCUT2D eigenvalue weighted by Gasteiger charge is 2.11. The third-order valence-electron chi connectivity index (χ3n) is 2.70. The smallest absolute Gasteiger partial charge is 0.221 e. The molecule has 0 saturated heterocycles. The molecule has 2 N–H and O–H groups in total. The van der Waals surface area contributed by atoms with Crippen molar-refractivity contribution in [3.05, 3.63) is 34.3 Å². The summed E-state index contributed by atoms with van der Waals surface area (Å²) in [4.78, 5) is 23.3. The molecule has 0 aromatic carbocycles. The lowest BCUT2D eigenvalue weighted by atomic mass is 10.3. The van der Waals surface area contributed by atoms with Crippen molar-refractivity contribution in [3.8, 4) is 0 Å². The van der Waals surface area contributed by atoms with Crippen LogP contribution in [0.1, 0.15) is 35.9 Å². The van der Waals surface area contributed by atoms with E-state index in [1.807, 2.05) is 13.8 Å². The van der Waals surface area contributed by atoms with E-state index in [4.69, 9.17) is 0 Å². The first-order chi connectivity index (χ1) is 9.65. The van der Waals surface area contributed by atoms with E-state index in [-0.39, 0.29) is 11.9 Å². The number of hydrogen-bond acceptors (Lipinski definition) is 5. The summed E-state index contributed by atoms with van der Waals surface area (Å²) in [6.45, 7) is 3.92. The third kappa shape index (κ3) is 4.64. The molecule has 1 atom stereocenters. The minimum absolute atomic E-state index is 0.0517. The van der Waals surface area contributed by atoms with Gasteiger partial charge in [-0.1, -0.05) is 0 Å². The number of aromatic amines is 1. The molecule has 20 heavy (non-hydrogen) atoms. The van der Waals surface area contributed by atoms with Gasteiger partial charge >= 0.3 is 0 Å². The van der Waals surface area contributed by atoms with Crippen molar-refractivity contribution in [2.75, 3.05) is 5.75 Å². The summed E-state index contributed by atoms with van der Waals surface area (Å²) in [6, 6.07) is -0.0799. The van der Waals surface area contributed by atoms with Crippen molar-refractivity contribution in [2.45, 2.75) is 32.1 Å². The molecule has 7 heteroatoms. The second-order valence-electron chi connectivity index (χ2n) is 4.42. The number of carbonyl (C=O) groups excluding carboxylic acids is 1. The van der Waals surface area contributed by atoms with Gasteiger partial charge in [0.1, 0.15) is 5.82 Å². The van der Waals surface area contributed by atoms with Gasteiger partial charge in [0.05, 0.1) is 16.7 Å². The number of rotatable bonds is 7. The predicted molar refractivity (Wildman–Crippen MR) is 82.8 cm³/mol. The predicted octanol–water partition coefficient (Wildman–Crippen LogP) is 2.68. The fourth-order valence-electron chi connectivity index (χ4n) is 1.71. The van der Waals surface area contributed by atoms with Crippen molar-refractivity contribution >= 4 is 29.0 Å². The van der Waals surface area contributed by atoms with Crippen LogP contribution in [0.5, 0.6) is 0 Å². The Kier molecular flexibility index (Phi) is 5.60. The Balaban J connectivity index is 1.63. The summed E-state index contributed by atoms with van der Waals surface area (Å²) in [5.41, 5.74) is 1.10. The van der Waals surface area contributed by atoms with Crippen LogP contribution >= 0.6 is 23.1 Å². The molecule has 2 heterocycles. The molecule has 0 fully saturated rings. The van der Waals surface area contributed by atoms with Gasteiger partial charge < -0.3 is 10.3 Å². The Morgan fingerprint density at radius 2 is 2.45 bits per heavy atom. The molecule has 0 aliphatic carbocycles. The maximum Gasteiger partial charge on any atom is 0.221 e. The van der Waals surface area contributed by atoms with Gasteiger partial charge in [0.15, 0.2) is 0 Å². The molecule has 0 spiro atoms. The number of hydrogen-bond donors (Lipinski definition) is 2. The Labute approximate surface area is 126 Å². The lowest BCUT2D eigenvalue weighted by Crippen LogP contribution is -2.27. The third-order valence-corrected chi connectivity index (χ3v) is 4.51. The van der Waals surface area contributed by atoms with Crippen LogP contribution in [0.25, 0.3) is 0 Å². The van der Waals surface area contributed by atoms with Gasteiger partial charge in [-0.25, -0.2) is 9.97 Å². The molecule has 0 radical (unpaired) electrons. The summed E-state index contributed by atoms with van der Waals surface area (Å²) < 4.78 is 0. The zero-order valence-electron chi connectivity index (χ0n) is 11.5. The van der Waals surface area contributed by atoms with E-state index in [1.165, 1.54) is 0 Å². The van der Waals surface area contributed by atoms with Crippen LogP contribution in [-0.2, 0) is 10.5 Å². The normalized spacial score (nSPS) is 12.3. The molecule has 0 bridgehead atoms. The van der Waals surface area contributed by atoms with Crippen molar-refractivity contribution < 1.29 is 4.79 Å². The van der Waals surface area contributed by atoms with E-state index in [0.717, 1.165) is 28.0 Å². The van der Waals surface area contributed by atoms with Crippen LogP contribution in [0.3, 0.4) is 0 Å². The molecule has 2 aromatic heterocycles. The summed E-state index contributed by atoms with van der Waals surface area (Å²) in [5.74, 6) is 2.50. The number of H-pyrrole nitrogens is 1. The minimum atomic E-state index is -0.0799. The highest BCUT2D eigenvalue weighted by Crippen LogP contribution is 2.16. The van der Waals surface area contributed by atoms with E-state index < -0.39 is 0 Å². The van der Waals surface area contributed by atoms with E-state index in [9.17, 15) is 4.79 Å². The van der Waals surface area contributed by atoms with Crippen molar-refractivity contribution in [1.82, 2.24) is 20.3 Å². The van der Waals surface area contributed by atoms with E-state index in [0.29, 0.717) is 6.42 Å². The number of aryl methyl sites for hydroxylation is 1. The van der Waals surface area contributed by atoms with Crippen molar-refractivity contribution in [2.24, 2.45) is 0 Å². The molecule has 0 aliphatic heterocycles. The molecule has 2 rings (SSSR count). The lowest BCUT2D eigenvalue weighted by molar-refractivity contribution is -0.121. The fraction of sp³-hybridized carbons (Fsp3) is 0.462. The number of amides is 1. The van der Waals surface area contributed by atoms with Gasteiger partial charge in [-0.3, -0.25) is 4.79 Å².